The van der Waals surface area contributed by atoms with Gasteiger partial charge in [-0.25, -0.2) is 0 Å². The van der Waals surface area contributed by atoms with Crippen LogP contribution in [0.5, 0.6) is 0 Å². The number of rotatable bonds is 2. The maximum absolute atomic E-state index is 12.2. The van der Waals surface area contributed by atoms with E-state index in [2.05, 4.69) is 0 Å². The fraction of sp³-hybridized carbons (Fsp3) is 0.833. The van der Waals surface area contributed by atoms with Gasteiger partial charge in [-0.1, -0.05) is 0 Å². The molecule has 18 heavy (non-hydrogen) atoms. The molecular weight excluding hydrogens is 236 g/mol. The minimum Gasteiger partial charge on any atom is -0.481 e. The van der Waals surface area contributed by atoms with E-state index in [-0.39, 0.29) is 17.9 Å². The first-order valence-electron chi connectivity index (χ1n) is 6.29. The zero-order valence-corrected chi connectivity index (χ0v) is 10.6. The second kappa shape index (κ2) is 4.85. The lowest BCUT2D eigenvalue weighted by atomic mass is 9.80. The molecule has 0 saturated carbocycles. The minimum atomic E-state index is -0.782. The van der Waals surface area contributed by atoms with Crippen LogP contribution in [0.25, 0.3) is 0 Å². The van der Waals surface area contributed by atoms with E-state index in [9.17, 15) is 9.59 Å². The first-order valence-corrected chi connectivity index (χ1v) is 6.29. The first-order chi connectivity index (χ1) is 8.44. The summed E-state index contributed by atoms with van der Waals surface area (Å²) in [6.07, 6.45) is 0.994. The molecule has 0 aromatic rings. The van der Waals surface area contributed by atoms with Crippen LogP contribution in [-0.4, -0.2) is 54.2 Å². The molecule has 2 fully saturated rings. The average molecular weight is 256 g/mol. The third-order valence-corrected chi connectivity index (χ3v) is 4.14. The molecule has 0 radical (unpaired) electrons. The standard InChI is InChI=1S/C12H20N2O4/c1-12(11(16)17)2-4-14(5-3-12)10(15)8-6-18-7-9(8)13/h8-9H,2-7,13H2,1H3,(H,16,17). The number of likely N-dealkylation sites (tertiary alicyclic amines) is 1. The van der Waals surface area contributed by atoms with E-state index < -0.39 is 11.4 Å². The van der Waals surface area contributed by atoms with Gasteiger partial charge in [-0.05, 0) is 19.8 Å². The zero-order chi connectivity index (χ0) is 13.3. The van der Waals surface area contributed by atoms with Crippen LogP contribution < -0.4 is 5.73 Å². The van der Waals surface area contributed by atoms with Crippen molar-refractivity contribution >= 4 is 11.9 Å². The summed E-state index contributed by atoms with van der Waals surface area (Å²) < 4.78 is 5.19. The van der Waals surface area contributed by atoms with Gasteiger partial charge >= 0.3 is 5.97 Å². The number of aliphatic carboxylic acids is 1. The van der Waals surface area contributed by atoms with Crippen molar-refractivity contribution in [1.82, 2.24) is 4.90 Å². The average Bonchev–Trinajstić information content (AvgIpc) is 2.75. The number of hydrogen-bond acceptors (Lipinski definition) is 4. The topological polar surface area (TPSA) is 92.9 Å². The van der Waals surface area contributed by atoms with Gasteiger partial charge in [0.1, 0.15) is 0 Å². The largest absolute Gasteiger partial charge is 0.481 e. The molecule has 3 N–H and O–H groups in total. The van der Waals surface area contributed by atoms with Crippen LogP contribution >= 0.6 is 0 Å². The lowest BCUT2D eigenvalue weighted by Crippen LogP contribution is -2.49. The molecule has 2 aliphatic heterocycles. The Morgan fingerprint density at radius 2 is 1.94 bits per heavy atom. The Kier molecular flexibility index (Phi) is 3.59. The van der Waals surface area contributed by atoms with Crippen LogP contribution in [0.1, 0.15) is 19.8 Å². The molecule has 0 spiro atoms. The van der Waals surface area contributed by atoms with Crippen LogP contribution in [0.15, 0.2) is 0 Å². The summed E-state index contributed by atoms with van der Waals surface area (Å²) in [5.41, 5.74) is 5.12. The second-order valence-corrected chi connectivity index (χ2v) is 5.50. The number of nitrogens with zero attached hydrogens (tertiary/aromatic N) is 1. The Morgan fingerprint density at radius 3 is 2.39 bits per heavy atom. The Balaban J connectivity index is 1.93. The van der Waals surface area contributed by atoms with Crippen molar-refractivity contribution in [2.45, 2.75) is 25.8 Å². The monoisotopic (exact) mass is 256 g/mol. The van der Waals surface area contributed by atoms with Crippen molar-refractivity contribution < 1.29 is 19.4 Å². The summed E-state index contributed by atoms with van der Waals surface area (Å²) in [5, 5.41) is 9.13. The van der Waals surface area contributed by atoms with Crippen molar-refractivity contribution in [3.8, 4) is 0 Å². The molecule has 2 rings (SSSR count). The molecule has 0 bridgehead atoms. The molecule has 0 aromatic carbocycles. The Labute approximate surface area is 106 Å². The van der Waals surface area contributed by atoms with Gasteiger partial charge in [0.25, 0.3) is 0 Å². The first kappa shape index (κ1) is 13.3. The fourth-order valence-electron chi connectivity index (χ4n) is 2.49. The summed E-state index contributed by atoms with van der Waals surface area (Å²) in [4.78, 5) is 25.1. The van der Waals surface area contributed by atoms with Crippen LogP contribution in [-0.2, 0) is 14.3 Å². The van der Waals surface area contributed by atoms with Gasteiger partial charge in [0, 0.05) is 19.1 Å². The second-order valence-electron chi connectivity index (χ2n) is 5.50. The molecule has 6 nitrogen and oxygen atoms in total. The predicted octanol–water partition coefficient (Wildman–Crippen LogP) is -0.327. The van der Waals surface area contributed by atoms with E-state index in [1.54, 1.807) is 11.8 Å². The number of amides is 1. The highest BCUT2D eigenvalue weighted by Gasteiger charge is 2.41. The summed E-state index contributed by atoms with van der Waals surface area (Å²) in [6, 6.07) is -0.231. The smallest absolute Gasteiger partial charge is 0.309 e. The number of piperidine rings is 1. The van der Waals surface area contributed by atoms with Crippen molar-refractivity contribution in [1.29, 1.82) is 0 Å². The molecule has 2 aliphatic rings. The number of carboxylic acid groups (broad SMARTS) is 1. The van der Waals surface area contributed by atoms with Crippen molar-refractivity contribution in [3.05, 3.63) is 0 Å². The molecule has 6 heteroatoms. The third kappa shape index (κ3) is 2.35. The van der Waals surface area contributed by atoms with Crippen molar-refractivity contribution in [2.24, 2.45) is 17.1 Å². The highest BCUT2D eigenvalue weighted by Crippen LogP contribution is 2.32. The Hall–Kier alpha value is -1.14. The molecule has 102 valence electrons. The predicted molar refractivity (Wildman–Crippen MR) is 63.8 cm³/mol. The molecule has 2 unspecified atom stereocenters. The SMILES string of the molecule is CC1(C(=O)O)CCN(C(=O)C2COCC2N)CC1. The quantitative estimate of drug-likeness (QED) is 0.706. The number of nitrogens with two attached hydrogens (primary N) is 1. The maximum atomic E-state index is 12.2. The minimum absolute atomic E-state index is 0.00689. The summed E-state index contributed by atoms with van der Waals surface area (Å²) >= 11 is 0. The highest BCUT2D eigenvalue weighted by atomic mass is 16.5. The van der Waals surface area contributed by atoms with Gasteiger partial charge in [0.2, 0.25) is 5.91 Å². The van der Waals surface area contributed by atoms with Crippen LogP contribution in [0.2, 0.25) is 0 Å². The summed E-state index contributed by atoms with van der Waals surface area (Å²) in [6.45, 7) is 3.53. The van der Waals surface area contributed by atoms with Gasteiger partial charge < -0.3 is 20.5 Å². The molecule has 2 saturated heterocycles. The molecule has 2 heterocycles. The number of carbonyl (C=O) groups is 2. The maximum Gasteiger partial charge on any atom is 0.309 e. The lowest BCUT2D eigenvalue weighted by molar-refractivity contribution is -0.153. The van der Waals surface area contributed by atoms with Crippen molar-refractivity contribution in [2.75, 3.05) is 26.3 Å². The van der Waals surface area contributed by atoms with E-state index in [1.165, 1.54) is 0 Å². The number of carboxylic acids is 1. The highest BCUT2D eigenvalue weighted by molar-refractivity contribution is 5.81. The van der Waals surface area contributed by atoms with E-state index in [0.717, 1.165) is 0 Å². The summed E-state index contributed by atoms with van der Waals surface area (Å²) in [5.74, 6) is -1.04. The third-order valence-electron chi connectivity index (χ3n) is 4.14. The summed E-state index contributed by atoms with van der Waals surface area (Å²) in [7, 11) is 0. The lowest BCUT2D eigenvalue weighted by Gasteiger charge is -2.37. The van der Waals surface area contributed by atoms with E-state index >= 15 is 0 Å². The van der Waals surface area contributed by atoms with Gasteiger partial charge in [0.15, 0.2) is 0 Å². The van der Waals surface area contributed by atoms with E-state index in [0.29, 0.717) is 39.1 Å². The molecule has 2 atom stereocenters. The van der Waals surface area contributed by atoms with Crippen LogP contribution in [0.4, 0.5) is 0 Å². The Bertz CT molecular complexity index is 350. The normalized spacial score (nSPS) is 31.3. The van der Waals surface area contributed by atoms with E-state index in [4.69, 9.17) is 15.6 Å². The molecule has 1 amide bonds. The number of carbonyl (C=O) groups excluding carboxylic acids is 1. The van der Waals surface area contributed by atoms with Gasteiger partial charge in [-0.2, -0.15) is 0 Å². The van der Waals surface area contributed by atoms with Crippen LogP contribution in [0.3, 0.4) is 0 Å². The van der Waals surface area contributed by atoms with E-state index in [1.807, 2.05) is 0 Å². The zero-order valence-electron chi connectivity index (χ0n) is 10.6. The molecular formula is C12H20N2O4. The van der Waals surface area contributed by atoms with Gasteiger partial charge in [0.05, 0.1) is 24.5 Å². The Morgan fingerprint density at radius 1 is 1.33 bits per heavy atom. The number of ether oxygens (including phenoxy) is 1. The van der Waals surface area contributed by atoms with Crippen LogP contribution in [0, 0.1) is 11.3 Å². The van der Waals surface area contributed by atoms with Crippen molar-refractivity contribution in [3.63, 3.8) is 0 Å². The fourth-order valence-corrected chi connectivity index (χ4v) is 2.49. The van der Waals surface area contributed by atoms with Gasteiger partial charge in [-0.3, -0.25) is 9.59 Å². The molecule has 0 aromatic heterocycles. The number of hydrogen-bond donors (Lipinski definition) is 2. The molecule has 0 aliphatic carbocycles. The van der Waals surface area contributed by atoms with Gasteiger partial charge in [-0.15, -0.1) is 0 Å².